The van der Waals surface area contributed by atoms with Crippen molar-refractivity contribution in [3.05, 3.63) is 237 Å². The Morgan fingerprint density at radius 2 is 0.475 bits per heavy atom. The summed E-state index contributed by atoms with van der Waals surface area (Å²) in [5, 5.41) is 37.2. The fourth-order valence-electron chi connectivity index (χ4n) is 9.18. The van der Waals surface area contributed by atoms with E-state index < -0.39 is 23.9 Å². The molecule has 0 fully saturated rings. The number of esters is 4. The molecule has 0 saturated heterocycles. The number of rotatable bonds is 16. The zero-order valence-corrected chi connectivity index (χ0v) is 44.7. The van der Waals surface area contributed by atoms with E-state index in [1.165, 1.54) is 0 Å². The summed E-state index contributed by atoms with van der Waals surface area (Å²) in [6.45, 7) is 7.84. The van der Waals surface area contributed by atoms with E-state index in [1.54, 1.807) is 125 Å². The molecule has 0 heterocycles. The van der Waals surface area contributed by atoms with E-state index in [0.717, 1.165) is 44.5 Å². The lowest BCUT2D eigenvalue weighted by Crippen LogP contribution is -2.04. The first-order chi connectivity index (χ1) is 39.0. The van der Waals surface area contributed by atoms with Gasteiger partial charge in [-0.25, -0.2) is 19.2 Å². The standard InChI is InChI=1S/C64H56N8O8/c1-5-77-61(73)53-17-9-13-21-57(53)69-65-49-33-41-25-42(34-49)30-44-27-46(38-51(36-44)67-71-59-23-15-11-19-55(59)63(75)79-7-3)32-48-28-47(39-52(40-48)68-72-60-24-16-12-20-56(60)64(76)80-8-4)31-45-26-43(29-41)35-50(37-45)66-70-58-22-14-10-18-54(58)62(74)78-6-2/h9-28,33-40H,5-8,29-32H2,1-4H3. The van der Waals surface area contributed by atoms with E-state index in [4.69, 9.17) is 39.4 Å². The van der Waals surface area contributed by atoms with Gasteiger partial charge in [0, 0.05) is 0 Å². The molecule has 8 aromatic carbocycles. The summed E-state index contributed by atoms with van der Waals surface area (Å²) in [5.41, 5.74) is 12.1. The SMILES string of the molecule is CCOC(=O)c1ccccc1N=Nc1cc2cc(c1)Cc1cc(cc(N=Nc3ccccc3C(=O)OCC)c1)Cc1cc(cc(N=Nc3ccccc3C(=O)OCC)c1)Cc1cc(cc(N=Nc3ccccc3C(=O)OCC)c1)C2. The van der Waals surface area contributed by atoms with Crippen LogP contribution in [0.25, 0.3) is 0 Å². The van der Waals surface area contributed by atoms with Crippen LogP contribution in [-0.4, -0.2) is 50.3 Å². The molecule has 80 heavy (non-hydrogen) atoms. The molecular formula is C64H56N8O8. The van der Waals surface area contributed by atoms with Crippen molar-refractivity contribution >= 4 is 69.4 Å². The number of hydrogen-bond acceptors (Lipinski definition) is 16. The average Bonchev–Trinajstić information content (AvgIpc) is 3.47. The zero-order valence-electron chi connectivity index (χ0n) is 44.7. The van der Waals surface area contributed by atoms with Crippen LogP contribution in [0.15, 0.2) is 211 Å². The minimum atomic E-state index is -0.498. The third-order valence-electron chi connectivity index (χ3n) is 12.5. The highest BCUT2D eigenvalue weighted by atomic mass is 16.5. The molecule has 16 heteroatoms. The van der Waals surface area contributed by atoms with E-state index >= 15 is 0 Å². The van der Waals surface area contributed by atoms with Crippen LogP contribution in [-0.2, 0) is 44.6 Å². The maximum atomic E-state index is 13.0. The minimum Gasteiger partial charge on any atom is -0.462 e. The Bertz CT molecular complexity index is 3170. The van der Waals surface area contributed by atoms with Crippen molar-refractivity contribution in [3.63, 3.8) is 0 Å². The third-order valence-corrected chi connectivity index (χ3v) is 12.5. The van der Waals surface area contributed by atoms with Crippen LogP contribution in [0.5, 0.6) is 0 Å². The Hall–Kier alpha value is -9.96. The Kier molecular flexibility index (Phi) is 18.1. The van der Waals surface area contributed by atoms with Gasteiger partial charge in [0.25, 0.3) is 0 Å². The molecule has 0 amide bonds. The van der Waals surface area contributed by atoms with Gasteiger partial charge in [0.1, 0.15) is 22.7 Å². The topological polar surface area (TPSA) is 204 Å². The van der Waals surface area contributed by atoms with Crippen molar-refractivity contribution in [3.8, 4) is 0 Å². The van der Waals surface area contributed by atoms with Gasteiger partial charge in [-0.15, -0.1) is 20.5 Å². The van der Waals surface area contributed by atoms with E-state index in [-0.39, 0.29) is 26.4 Å². The lowest BCUT2D eigenvalue weighted by atomic mass is 9.93. The van der Waals surface area contributed by atoms with Gasteiger partial charge < -0.3 is 18.9 Å². The number of benzene rings is 8. The minimum absolute atomic E-state index is 0.209. The molecular weight excluding hydrogens is 1010 g/mol. The number of carbonyl (C=O) groups excluding carboxylic acids is 4. The number of hydrogen-bond donors (Lipinski definition) is 0. The Morgan fingerprint density at radius 3 is 0.662 bits per heavy atom. The fraction of sp³-hybridized carbons (Fsp3) is 0.188. The second-order valence-corrected chi connectivity index (χ2v) is 18.5. The van der Waals surface area contributed by atoms with Crippen LogP contribution in [0.2, 0.25) is 0 Å². The predicted molar refractivity (Wildman–Crippen MR) is 303 cm³/mol. The normalized spacial score (nSPS) is 12.2. The molecule has 8 aromatic rings. The highest BCUT2D eigenvalue weighted by Gasteiger charge is 2.18. The monoisotopic (exact) mass is 1060 g/mol. The number of nitrogens with zero attached hydrogens (tertiary/aromatic N) is 8. The first-order valence-electron chi connectivity index (χ1n) is 26.3. The third kappa shape index (κ3) is 14.3. The van der Waals surface area contributed by atoms with Crippen molar-refractivity contribution in [1.82, 2.24) is 0 Å². The summed E-state index contributed by atoms with van der Waals surface area (Å²) in [4.78, 5) is 51.9. The van der Waals surface area contributed by atoms with Crippen molar-refractivity contribution < 1.29 is 38.1 Å². The van der Waals surface area contributed by atoms with Crippen molar-refractivity contribution in [2.45, 2.75) is 53.4 Å². The molecule has 0 N–H and O–H groups in total. The average molecular weight is 1070 g/mol. The van der Waals surface area contributed by atoms with Gasteiger partial charge in [-0.2, -0.15) is 20.5 Å². The lowest BCUT2D eigenvalue weighted by Gasteiger charge is -2.14. The van der Waals surface area contributed by atoms with Gasteiger partial charge in [0.2, 0.25) is 0 Å². The van der Waals surface area contributed by atoms with Crippen LogP contribution in [0.4, 0.5) is 45.5 Å². The molecule has 400 valence electrons. The largest absolute Gasteiger partial charge is 0.462 e. The van der Waals surface area contributed by atoms with Crippen molar-refractivity contribution in [2.24, 2.45) is 40.9 Å². The van der Waals surface area contributed by atoms with Gasteiger partial charge in [-0.05, 0) is 195 Å². The number of ether oxygens (including phenoxy) is 4. The molecule has 0 radical (unpaired) electrons. The lowest BCUT2D eigenvalue weighted by molar-refractivity contribution is 0.0517. The first kappa shape index (κ1) is 54.8. The fourth-order valence-corrected chi connectivity index (χ4v) is 9.18. The van der Waals surface area contributed by atoms with Gasteiger partial charge in [-0.3, -0.25) is 0 Å². The predicted octanol–water partition coefficient (Wildman–Crippen LogP) is 16.7. The van der Waals surface area contributed by atoms with Gasteiger partial charge in [0.05, 0.1) is 71.4 Å². The molecule has 0 spiro atoms. The maximum Gasteiger partial charge on any atom is 0.340 e. The van der Waals surface area contributed by atoms with Gasteiger partial charge in [0.15, 0.2) is 0 Å². The quantitative estimate of drug-likeness (QED) is 0.0516. The van der Waals surface area contributed by atoms with Crippen LogP contribution in [0.1, 0.15) is 114 Å². The molecule has 0 saturated carbocycles. The van der Waals surface area contributed by atoms with Gasteiger partial charge in [-0.1, -0.05) is 72.8 Å². The molecule has 0 unspecified atom stereocenters. The first-order valence-corrected chi connectivity index (χ1v) is 26.3. The summed E-state index contributed by atoms with van der Waals surface area (Å²) < 4.78 is 21.3. The zero-order chi connectivity index (χ0) is 55.8. The van der Waals surface area contributed by atoms with E-state index in [0.29, 0.717) is 93.4 Å². The summed E-state index contributed by atoms with van der Waals surface area (Å²) in [6, 6.07) is 51.9. The highest BCUT2D eigenvalue weighted by molar-refractivity contribution is 5.96. The van der Waals surface area contributed by atoms with Crippen LogP contribution in [0.3, 0.4) is 0 Å². The summed E-state index contributed by atoms with van der Waals surface area (Å²) in [7, 11) is 0. The Balaban J connectivity index is 1.19. The molecule has 0 aliphatic heterocycles. The van der Waals surface area contributed by atoms with E-state index in [2.05, 4.69) is 44.7 Å². The molecule has 8 bridgehead atoms. The second-order valence-electron chi connectivity index (χ2n) is 18.5. The maximum absolute atomic E-state index is 13.0. The highest BCUT2D eigenvalue weighted by Crippen LogP contribution is 2.34. The van der Waals surface area contributed by atoms with Crippen molar-refractivity contribution in [2.75, 3.05) is 26.4 Å². The summed E-state index contributed by atoms with van der Waals surface area (Å²) in [6.07, 6.45) is 1.74. The van der Waals surface area contributed by atoms with Crippen LogP contribution in [0, 0.1) is 0 Å². The molecule has 0 atom stereocenters. The molecule has 1 aliphatic carbocycles. The second kappa shape index (κ2) is 26.4. The number of azo groups is 4. The molecule has 9 rings (SSSR count). The van der Waals surface area contributed by atoms with Crippen molar-refractivity contribution in [1.29, 1.82) is 0 Å². The smallest absolute Gasteiger partial charge is 0.340 e. The number of fused-ring (bicyclic) bond motifs is 8. The molecule has 0 aromatic heterocycles. The van der Waals surface area contributed by atoms with Gasteiger partial charge >= 0.3 is 23.9 Å². The Labute approximate surface area is 463 Å². The summed E-state index contributed by atoms with van der Waals surface area (Å²) in [5.74, 6) is -1.99. The Morgan fingerprint density at radius 1 is 0.287 bits per heavy atom. The van der Waals surface area contributed by atoms with E-state index in [9.17, 15) is 19.2 Å². The number of carbonyl (C=O) groups is 4. The van der Waals surface area contributed by atoms with Crippen LogP contribution < -0.4 is 0 Å². The summed E-state index contributed by atoms with van der Waals surface area (Å²) >= 11 is 0. The van der Waals surface area contributed by atoms with E-state index in [1.807, 2.05) is 48.5 Å². The van der Waals surface area contributed by atoms with Crippen LogP contribution >= 0.6 is 0 Å². The molecule has 16 nitrogen and oxygen atoms in total. The molecule has 1 aliphatic rings.